The molecule has 0 saturated heterocycles. The number of amides is 1. The molecule has 0 fully saturated rings. The van der Waals surface area contributed by atoms with E-state index in [4.69, 9.17) is 11.6 Å². The highest BCUT2D eigenvalue weighted by Crippen LogP contribution is 2.08. The number of nitrogens with one attached hydrogen (secondary N) is 1. The van der Waals surface area contributed by atoms with Gasteiger partial charge in [-0.3, -0.25) is 4.79 Å². The van der Waals surface area contributed by atoms with Crippen molar-refractivity contribution in [2.45, 2.75) is 13.3 Å². The molecule has 0 heterocycles. The number of rotatable bonds is 4. The van der Waals surface area contributed by atoms with Crippen LogP contribution < -0.4 is 5.32 Å². The summed E-state index contributed by atoms with van der Waals surface area (Å²) in [7, 11) is 0. The fraction of sp³-hybridized carbons (Fsp3) is 0.250. The van der Waals surface area contributed by atoms with Crippen LogP contribution in [0.25, 0.3) is 0 Å². The molecule has 1 rings (SSSR count). The molecule has 0 spiro atoms. The summed E-state index contributed by atoms with van der Waals surface area (Å²) in [5.41, 5.74) is 1.97. The second-order valence-electron chi connectivity index (χ2n) is 3.50. The SMILES string of the molecule is C/C(=C\NC(=O)CCl)Cc1ccc(F)cc1. The standard InChI is InChI=1S/C12H13ClFNO/c1-9(8-15-12(16)7-13)6-10-2-4-11(14)5-3-10/h2-5,8H,6-7H2,1H3,(H,15,16)/b9-8+. The highest BCUT2D eigenvalue weighted by molar-refractivity contribution is 6.27. The number of hydrogen-bond acceptors (Lipinski definition) is 1. The van der Waals surface area contributed by atoms with E-state index in [9.17, 15) is 9.18 Å². The molecule has 1 N–H and O–H groups in total. The minimum absolute atomic E-state index is 0.0552. The Balaban J connectivity index is 2.53. The van der Waals surface area contributed by atoms with Crippen LogP contribution in [-0.4, -0.2) is 11.8 Å². The Morgan fingerprint density at radius 3 is 2.62 bits per heavy atom. The average molecular weight is 242 g/mol. The van der Waals surface area contributed by atoms with Crippen molar-refractivity contribution >= 4 is 17.5 Å². The lowest BCUT2D eigenvalue weighted by Crippen LogP contribution is -2.18. The summed E-state index contributed by atoms with van der Waals surface area (Å²) in [5, 5.41) is 2.56. The fourth-order valence-electron chi connectivity index (χ4n) is 1.22. The second kappa shape index (κ2) is 6.28. The summed E-state index contributed by atoms with van der Waals surface area (Å²) in [6.45, 7) is 1.89. The monoisotopic (exact) mass is 241 g/mol. The minimum Gasteiger partial charge on any atom is -0.332 e. The zero-order valence-corrected chi connectivity index (χ0v) is 9.72. The highest BCUT2D eigenvalue weighted by atomic mass is 35.5. The number of alkyl halides is 1. The number of benzene rings is 1. The van der Waals surface area contributed by atoms with Crippen LogP contribution >= 0.6 is 11.6 Å². The Morgan fingerprint density at radius 2 is 2.06 bits per heavy atom. The van der Waals surface area contributed by atoms with Crippen LogP contribution in [0.5, 0.6) is 0 Å². The molecule has 0 radical (unpaired) electrons. The lowest BCUT2D eigenvalue weighted by Gasteiger charge is -2.02. The van der Waals surface area contributed by atoms with Gasteiger partial charge in [0.15, 0.2) is 0 Å². The maximum Gasteiger partial charge on any atom is 0.238 e. The third-order valence-corrected chi connectivity index (χ3v) is 2.24. The van der Waals surface area contributed by atoms with E-state index in [2.05, 4.69) is 5.32 Å². The van der Waals surface area contributed by atoms with Crippen LogP contribution in [0, 0.1) is 5.82 Å². The van der Waals surface area contributed by atoms with Gasteiger partial charge in [0.1, 0.15) is 11.7 Å². The maximum atomic E-state index is 12.6. The summed E-state index contributed by atoms with van der Waals surface area (Å²) in [4.78, 5) is 10.9. The van der Waals surface area contributed by atoms with Crippen molar-refractivity contribution in [2.75, 3.05) is 5.88 Å². The van der Waals surface area contributed by atoms with Gasteiger partial charge in [0.05, 0.1) is 0 Å². The molecule has 2 nitrogen and oxygen atoms in total. The molecule has 1 aromatic carbocycles. The van der Waals surface area contributed by atoms with Gasteiger partial charge in [-0.25, -0.2) is 4.39 Å². The summed E-state index contributed by atoms with van der Waals surface area (Å²) < 4.78 is 12.6. The van der Waals surface area contributed by atoms with Crippen molar-refractivity contribution in [2.24, 2.45) is 0 Å². The van der Waals surface area contributed by atoms with Crippen LogP contribution in [0.1, 0.15) is 12.5 Å². The lowest BCUT2D eigenvalue weighted by molar-refractivity contribution is -0.117. The van der Waals surface area contributed by atoms with Crippen LogP contribution in [-0.2, 0) is 11.2 Å². The van der Waals surface area contributed by atoms with Gasteiger partial charge in [-0.05, 0) is 31.0 Å². The third-order valence-electron chi connectivity index (χ3n) is 2.00. The van der Waals surface area contributed by atoms with Crippen molar-refractivity contribution < 1.29 is 9.18 Å². The molecular formula is C12H13ClFNO. The molecule has 1 aromatic rings. The minimum atomic E-state index is -0.249. The van der Waals surface area contributed by atoms with Gasteiger partial charge in [-0.1, -0.05) is 17.7 Å². The van der Waals surface area contributed by atoms with Crippen LogP contribution in [0.15, 0.2) is 36.0 Å². The van der Waals surface area contributed by atoms with Gasteiger partial charge < -0.3 is 5.32 Å². The first kappa shape index (κ1) is 12.7. The number of allylic oxidation sites excluding steroid dienone is 1. The first-order valence-corrected chi connectivity index (χ1v) is 5.40. The largest absolute Gasteiger partial charge is 0.332 e. The van der Waals surface area contributed by atoms with E-state index in [-0.39, 0.29) is 17.6 Å². The second-order valence-corrected chi connectivity index (χ2v) is 3.76. The molecule has 0 bridgehead atoms. The van der Waals surface area contributed by atoms with Gasteiger partial charge >= 0.3 is 0 Å². The quantitative estimate of drug-likeness (QED) is 0.807. The molecule has 0 aromatic heterocycles. The smallest absolute Gasteiger partial charge is 0.238 e. The zero-order chi connectivity index (χ0) is 12.0. The number of carbonyl (C=O) groups is 1. The zero-order valence-electron chi connectivity index (χ0n) is 8.97. The average Bonchev–Trinajstić information content (AvgIpc) is 2.29. The van der Waals surface area contributed by atoms with E-state index in [0.717, 1.165) is 11.1 Å². The number of carbonyl (C=O) groups excluding carboxylic acids is 1. The maximum absolute atomic E-state index is 12.6. The molecule has 1 amide bonds. The Hall–Kier alpha value is -1.35. The summed E-state index contributed by atoms with van der Waals surface area (Å²) in [6, 6.07) is 6.27. The van der Waals surface area contributed by atoms with Crippen molar-refractivity contribution in [3.63, 3.8) is 0 Å². The molecule has 0 atom stereocenters. The van der Waals surface area contributed by atoms with Gasteiger partial charge in [-0.15, -0.1) is 11.6 Å². The van der Waals surface area contributed by atoms with Gasteiger partial charge in [0.2, 0.25) is 5.91 Å². The molecule has 0 unspecified atom stereocenters. The van der Waals surface area contributed by atoms with E-state index in [1.807, 2.05) is 6.92 Å². The molecule has 4 heteroatoms. The van der Waals surface area contributed by atoms with Crippen LogP contribution in [0.4, 0.5) is 4.39 Å². The summed E-state index contributed by atoms with van der Waals surface area (Å²) >= 11 is 5.33. The molecule has 0 aliphatic carbocycles. The Morgan fingerprint density at radius 1 is 1.44 bits per heavy atom. The Bertz CT molecular complexity index is 387. The third kappa shape index (κ3) is 4.45. The summed E-state index contributed by atoms with van der Waals surface area (Å²) in [6.07, 6.45) is 2.29. The number of halogens is 2. The Labute approximate surface area is 99.1 Å². The van der Waals surface area contributed by atoms with Crippen molar-refractivity contribution in [1.82, 2.24) is 5.32 Å². The van der Waals surface area contributed by atoms with Gasteiger partial charge in [0.25, 0.3) is 0 Å². The fourth-order valence-corrected chi connectivity index (χ4v) is 1.29. The van der Waals surface area contributed by atoms with Crippen LogP contribution in [0.3, 0.4) is 0 Å². The van der Waals surface area contributed by atoms with E-state index in [1.165, 1.54) is 12.1 Å². The van der Waals surface area contributed by atoms with Gasteiger partial charge in [-0.2, -0.15) is 0 Å². The van der Waals surface area contributed by atoms with Gasteiger partial charge in [0, 0.05) is 6.20 Å². The number of hydrogen-bond donors (Lipinski definition) is 1. The van der Waals surface area contributed by atoms with Crippen molar-refractivity contribution in [1.29, 1.82) is 0 Å². The van der Waals surface area contributed by atoms with E-state index in [1.54, 1.807) is 18.3 Å². The lowest BCUT2D eigenvalue weighted by atomic mass is 10.1. The predicted molar refractivity (Wildman–Crippen MR) is 62.7 cm³/mol. The molecule has 86 valence electrons. The summed E-state index contributed by atoms with van der Waals surface area (Å²) in [5.74, 6) is -0.540. The highest BCUT2D eigenvalue weighted by Gasteiger charge is 1.97. The first-order valence-electron chi connectivity index (χ1n) is 4.87. The van der Waals surface area contributed by atoms with Crippen molar-refractivity contribution in [3.05, 3.63) is 47.4 Å². The molecular weight excluding hydrogens is 229 g/mol. The van der Waals surface area contributed by atoms with E-state index < -0.39 is 0 Å². The molecule has 0 aliphatic heterocycles. The molecule has 16 heavy (non-hydrogen) atoms. The Kier molecular flexibility index (Phi) is 4.99. The normalized spacial score (nSPS) is 11.3. The van der Waals surface area contributed by atoms with Crippen LogP contribution in [0.2, 0.25) is 0 Å². The first-order chi connectivity index (χ1) is 7.61. The van der Waals surface area contributed by atoms with E-state index in [0.29, 0.717) is 6.42 Å². The molecule has 0 aliphatic rings. The van der Waals surface area contributed by atoms with E-state index >= 15 is 0 Å². The molecule has 0 saturated carbocycles. The predicted octanol–water partition coefficient (Wildman–Crippen LogP) is 2.63. The van der Waals surface area contributed by atoms with Crippen molar-refractivity contribution in [3.8, 4) is 0 Å². The topological polar surface area (TPSA) is 29.1 Å².